The lowest BCUT2D eigenvalue weighted by Crippen LogP contribution is -2.48. The number of rotatable bonds is 9. The molecule has 0 bridgehead atoms. The number of fused-ring (bicyclic) bond motifs is 1. The van der Waals surface area contributed by atoms with Gasteiger partial charge in [-0.25, -0.2) is 13.4 Å². The number of pyridine rings is 1. The summed E-state index contributed by atoms with van der Waals surface area (Å²) in [7, 11) is -2.17. The number of ether oxygens (including phenoxy) is 2. The first-order valence-corrected chi connectivity index (χ1v) is 15.6. The van der Waals surface area contributed by atoms with E-state index in [1.54, 1.807) is 28.6 Å². The minimum atomic E-state index is -3.67. The first-order valence-electron chi connectivity index (χ1n) is 14.1. The largest absolute Gasteiger partial charge is 0.495 e. The number of aromatic nitrogens is 2. The van der Waals surface area contributed by atoms with E-state index in [2.05, 4.69) is 51.9 Å². The van der Waals surface area contributed by atoms with Gasteiger partial charge in [-0.05, 0) is 54.4 Å². The van der Waals surface area contributed by atoms with E-state index in [9.17, 15) is 8.42 Å². The number of piperazine rings is 1. The van der Waals surface area contributed by atoms with E-state index in [0.29, 0.717) is 45.1 Å². The molecule has 6 rings (SSSR count). The van der Waals surface area contributed by atoms with Gasteiger partial charge in [-0.3, -0.25) is 4.90 Å². The minimum absolute atomic E-state index is 0.204. The molecular weight excluding hydrogens is 548 g/mol. The molecule has 1 saturated heterocycles. The average Bonchev–Trinajstić information content (AvgIpc) is 3.39. The second-order valence-electron chi connectivity index (χ2n) is 10.2. The van der Waals surface area contributed by atoms with Crippen LogP contribution in [0.15, 0.2) is 102 Å². The van der Waals surface area contributed by atoms with Gasteiger partial charge in [-0.15, -0.1) is 0 Å². The van der Waals surface area contributed by atoms with Crippen LogP contribution in [0.2, 0.25) is 0 Å². The van der Waals surface area contributed by atoms with Crippen LogP contribution in [0.5, 0.6) is 11.5 Å². The second kappa shape index (κ2) is 12.0. The minimum Gasteiger partial charge on any atom is -0.495 e. The van der Waals surface area contributed by atoms with Crippen molar-refractivity contribution >= 4 is 15.7 Å². The smallest absolute Gasteiger partial charge is 0.246 e. The predicted molar refractivity (Wildman–Crippen MR) is 164 cm³/mol. The van der Waals surface area contributed by atoms with Gasteiger partial charge in [0.2, 0.25) is 10.0 Å². The fourth-order valence-corrected chi connectivity index (χ4v) is 7.06. The molecule has 8 nitrogen and oxygen atoms in total. The molecule has 0 spiro atoms. The van der Waals surface area contributed by atoms with Crippen LogP contribution in [-0.4, -0.2) is 66.9 Å². The average molecular weight is 583 g/mol. The SMILES string of the molecule is CCOc1cccc(-c2ccc3nc(-c4ccccc4)c(CN4CCN(S(=O)(=O)c5ccccc5OC)CC4)n3c2)c1. The molecule has 1 fully saturated rings. The Morgan fingerprint density at radius 3 is 2.31 bits per heavy atom. The monoisotopic (exact) mass is 582 g/mol. The summed E-state index contributed by atoms with van der Waals surface area (Å²) in [5.74, 6) is 1.20. The van der Waals surface area contributed by atoms with Crippen molar-refractivity contribution in [2.45, 2.75) is 18.4 Å². The zero-order valence-electron chi connectivity index (χ0n) is 23.8. The molecule has 42 heavy (non-hydrogen) atoms. The van der Waals surface area contributed by atoms with Crippen molar-refractivity contribution in [3.63, 3.8) is 0 Å². The molecular formula is C33H34N4O4S. The van der Waals surface area contributed by atoms with E-state index in [1.807, 2.05) is 37.3 Å². The van der Waals surface area contributed by atoms with E-state index in [0.717, 1.165) is 39.5 Å². The third-order valence-electron chi connectivity index (χ3n) is 7.63. The molecule has 0 amide bonds. The summed E-state index contributed by atoms with van der Waals surface area (Å²) in [6, 6.07) is 29.2. The first kappa shape index (κ1) is 28.0. The number of hydrogen-bond acceptors (Lipinski definition) is 6. The Labute approximate surface area is 246 Å². The van der Waals surface area contributed by atoms with Crippen LogP contribution < -0.4 is 9.47 Å². The second-order valence-corrected chi connectivity index (χ2v) is 12.1. The number of imidazole rings is 1. The fraction of sp³-hybridized carbons (Fsp3) is 0.242. The summed E-state index contributed by atoms with van der Waals surface area (Å²) in [5.41, 5.74) is 6.05. The van der Waals surface area contributed by atoms with E-state index < -0.39 is 10.0 Å². The maximum atomic E-state index is 13.4. The highest BCUT2D eigenvalue weighted by Crippen LogP contribution is 2.31. The highest BCUT2D eigenvalue weighted by atomic mass is 32.2. The van der Waals surface area contributed by atoms with Crippen molar-refractivity contribution in [3.05, 3.63) is 103 Å². The summed E-state index contributed by atoms with van der Waals surface area (Å²) >= 11 is 0. The van der Waals surface area contributed by atoms with Crippen LogP contribution >= 0.6 is 0 Å². The van der Waals surface area contributed by atoms with Gasteiger partial charge >= 0.3 is 0 Å². The van der Waals surface area contributed by atoms with Gasteiger partial charge in [0.25, 0.3) is 0 Å². The molecule has 216 valence electrons. The lowest BCUT2D eigenvalue weighted by Gasteiger charge is -2.34. The number of para-hydroxylation sites is 1. The molecule has 0 atom stereocenters. The highest BCUT2D eigenvalue weighted by Gasteiger charge is 2.31. The quantitative estimate of drug-likeness (QED) is 0.226. The standard InChI is InChI=1S/C33H34N4O4S/c1-3-41-28-13-9-12-26(22-28)27-16-17-32-34-33(25-10-5-4-6-11-25)29(37(32)23-27)24-35-18-20-36(21-19-35)42(38,39)31-15-8-7-14-30(31)40-2/h4-17,22-23H,3,18-21,24H2,1-2H3. The van der Waals surface area contributed by atoms with Crippen molar-refractivity contribution < 1.29 is 17.9 Å². The van der Waals surface area contributed by atoms with E-state index in [4.69, 9.17) is 14.5 Å². The van der Waals surface area contributed by atoms with Gasteiger partial charge in [-0.1, -0.05) is 54.6 Å². The maximum Gasteiger partial charge on any atom is 0.246 e. The van der Waals surface area contributed by atoms with Gasteiger partial charge < -0.3 is 13.9 Å². The van der Waals surface area contributed by atoms with Crippen molar-refractivity contribution in [2.24, 2.45) is 0 Å². The molecule has 0 N–H and O–H groups in total. The molecule has 0 aliphatic carbocycles. The summed E-state index contributed by atoms with van der Waals surface area (Å²) in [6.45, 7) is 5.23. The topological polar surface area (TPSA) is 76.4 Å². The normalized spacial score (nSPS) is 14.7. The Hall–Kier alpha value is -4.18. The molecule has 3 aromatic carbocycles. The lowest BCUT2D eigenvalue weighted by molar-refractivity contribution is 0.179. The number of hydrogen-bond donors (Lipinski definition) is 0. The number of benzene rings is 3. The summed E-state index contributed by atoms with van der Waals surface area (Å²) in [5, 5.41) is 0. The van der Waals surface area contributed by atoms with Crippen LogP contribution in [0.4, 0.5) is 0 Å². The van der Waals surface area contributed by atoms with E-state index in [-0.39, 0.29) is 4.90 Å². The molecule has 9 heteroatoms. The zero-order valence-corrected chi connectivity index (χ0v) is 24.6. The van der Waals surface area contributed by atoms with Gasteiger partial charge in [0.05, 0.1) is 25.1 Å². The van der Waals surface area contributed by atoms with E-state index >= 15 is 0 Å². The number of methoxy groups -OCH3 is 1. The van der Waals surface area contributed by atoms with Gasteiger partial charge in [0.1, 0.15) is 22.0 Å². The molecule has 0 saturated carbocycles. The fourth-order valence-electron chi connectivity index (χ4n) is 5.49. The van der Waals surface area contributed by atoms with Crippen molar-refractivity contribution in [1.29, 1.82) is 0 Å². The summed E-state index contributed by atoms with van der Waals surface area (Å²) < 4.78 is 41.7. The maximum absolute atomic E-state index is 13.4. The van der Waals surface area contributed by atoms with Gasteiger partial charge in [0, 0.05) is 44.5 Å². The van der Waals surface area contributed by atoms with Crippen LogP contribution in [0.3, 0.4) is 0 Å². The molecule has 0 radical (unpaired) electrons. The van der Waals surface area contributed by atoms with Crippen molar-refractivity contribution in [3.8, 4) is 33.9 Å². The Kier molecular flexibility index (Phi) is 7.97. The van der Waals surface area contributed by atoms with Crippen LogP contribution in [0.1, 0.15) is 12.6 Å². The van der Waals surface area contributed by atoms with Crippen molar-refractivity contribution in [2.75, 3.05) is 39.9 Å². The van der Waals surface area contributed by atoms with Crippen LogP contribution in [0.25, 0.3) is 28.0 Å². The molecule has 0 unspecified atom stereocenters. The molecule has 3 heterocycles. The molecule has 1 aliphatic heterocycles. The van der Waals surface area contributed by atoms with Crippen molar-refractivity contribution in [1.82, 2.24) is 18.6 Å². The van der Waals surface area contributed by atoms with Gasteiger partial charge in [-0.2, -0.15) is 4.31 Å². The summed E-state index contributed by atoms with van der Waals surface area (Å²) in [6.07, 6.45) is 2.14. The summed E-state index contributed by atoms with van der Waals surface area (Å²) in [4.78, 5) is 7.54. The Balaban J connectivity index is 1.30. The highest BCUT2D eigenvalue weighted by molar-refractivity contribution is 7.89. The molecule has 5 aromatic rings. The Morgan fingerprint density at radius 1 is 0.810 bits per heavy atom. The number of sulfonamides is 1. The third kappa shape index (κ3) is 5.51. The Morgan fingerprint density at radius 2 is 1.55 bits per heavy atom. The molecule has 1 aliphatic rings. The van der Waals surface area contributed by atoms with Gasteiger partial charge in [0.15, 0.2) is 0 Å². The number of nitrogens with zero attached hydrogens (tertiary/aromatic N) is 4. The zero-order chi connectivity index (χ0) is 29.1. The third-order valence-corrected chi connectivity index (χ3v) is 9.57. The van der Waals surface area contributed by atoms with Crippen LogP contribution in [-0.2, 0) is 16.6 Å². The van der Waals surface area contributed by atoms with Crippen LogP contribution in [0, 0.1) is 0 Å². The first-order chi connectivity index (χ1) is 20.5. The lowest BCUT2D eigenvalue weighted by atomic mass is 10.1. The Bertz CT molecular complexity index is 1800. The van der Waals surface area contributed by atoms with E-state index in [1.165, 1.54) is 7.11 Å². The molecule has 2 aromatic heterocycles. The predicted octanol–water partition coefficient (Wildman–Crippen LogP) is 5.58.